The van der Waals surface area contributed by atoms with Gasteiger partial charge in [0.2, 0.25) is 0 Å². The molecule has 1 aliphatic rings. The van der Waals surface area contributed by atoms with Gasteiger partial charge < -0.3 is 9.50 Å². The standard InChI is InChI=1S/C9H10FNO3S/c10-15(12,13)14-8-5-1-3-7-4-2-6-11-9(7)8/h1,3,5,11H,2,4,6H2. The van der Waals surface area contributed by atoms with Crippen molar-refractivity contribution in [3.05, 3.63) is 23.8 Å². The third-order valence-electron chi connectivity index (χ3n) is 2.23. The maximum Gasteiger partial charge on any atom is 0.488 e. The fourth-order valence-corrected chi connectivity index (χ4v) is 2.01. The molecule has 1 aliphatic heterocycles. The lowest BCUT2D eigenvalue weighted by Gasteiger charge is -2.19. The Labute approximate surface area is 87.5 Å². The van der Waals surface area contributed by atoms with E-state index >= 15 is 0 Å². The maximum atomic E-state index is 12.4. The first-order valence-electron chi connectivity index (χ1n) is 4.56. The van der Waals surface area contributed by atoms with Crippen molar-refractivity contribution < 1.29 is 16.5 Å². The molecule has 1 aromatic carbocycles. The summed E-state index contributed by atoms with van der Waals surface area (Å²) in [6.07, 6.45) is 1.81. The van der Waals surface area contributed by atoms with E-state index in [0.29, 0.717) is 5.69 Å². The highest BCUT2D eigenvalue weighted by Crippen LogP contribution is 2.32. The van der Waals surface area contributed by atoms with Gasteiger partial charge in [-0.1, -0.05) is 16.0 Å². The second kappa shape index (κ2) is 3.69. The van der Waals surface area contributed by atoms with Crippen LogP contribution in [-0.4, -0.2) is 15.0 Å². The van der Waals surface area contributed by atoms with Gasteiger partial charge >= 0.3 is 10.5 Å². The first kappa shape index (κ1) is 10.2. The molecule has 4 nitrogen and oxygen atoms in total. The van der Waals surface area contributed by atoms with E-state index in [1.54, 1.807) is 6.07 Å². The van der Waals surface area contributed by atoms with E-state index in [2.05, 4.69) is 9.50 Å². The quantitative estimate of drug-likeness (QED) is 0.786. The summed E-state index contributed by atoms with van der Waals surface area (Å²) in [5.41, 5.74) is 1.52. The molecule has 0 bridgehead atoms. The second-order valence-corrected chi connectivity index (χ2v) is 4.25. The minimum Gasteiger partial charge on any atom is -0.382 e. The minimum atomic E-state index is -4.95. The largest absolute Gasteiger partial charge is 0.488 e. The molecule has 1 heterocycles. The third kappa shape index (κ3) is 2.38. The zero-order valence-corrected chi connectivity index (χ0v) is 8.68. The van der Waals surface area contributed by atoms with Crippen molar-refractivity contribution in [1.29, 1.82) is 0 Å². The molecule has 0 fully saturated rings. The van der Waals surface area contributed by atoms with Gasteiger partial charge in [-0.15, -0.1) is 0 Å². The Bertz CT molecular complexity index is 472. The summed E-state index contributed by atoms with van der Waals surface area (Å²) in [6.45, 7) is 0.736. The number of hydrogen-bond acceptors (Lipinski definition) is 4. The summed E-state index contributed by atoms with van der Waals surface area (Å²) in [4.78, 5) is 0. The molecular formula is C9H10FNO3S. The van der Waals surface area contributed by atoms with Gasteiger partial charge in [-0.25, -0.2) is 0 Å². The van der Waals surface area contributed by atoms with Crippen LogP contribution in [0.25, 0.3) is 0 Å². The van der Waals surface area contributed by atoms with Gasteiger partial charge in [-0.2, -0.15) is 8.42 Å². The van der Waals surface area contributed by atoms with Gasteiger partial charge in [0, 0.05) is 6.54 Å². The van der Waals surface area contributed by atoms with E-state index in [9.17, 15) is 12.3 Å². The van der Waals surface area contributed by atoms with Crippen molar-refractivity contribution in [3.8, 4) is 5.75 Å². The highest BCUT2D eigenvalue weighted by atomic mass is 32.3. The highest BCUT2D eigenvalue weighted by Gasteiger charge is 2.17. The number of benzene rings is 1. The van der Waals surface area contributed by atoms with E-state index in [-0.39, 0.29) is 5.75 Å². The fourth-order valence-electron chi connectivity index (χ4n) is 1.65. The molecule has 1 N–H and O–H groups in total. The van der Waals surface area contributed by atoms with E-state index < -0.39 is 10.5 Å². The summed E-state index contributed by atoms with van der Waals surface area (Å²) < 4.78 is 37.3. The second-order valence-electron chi connectivity index (χ2n) is 3.30. The van der Waals surface area contributed by atoms with Crippen LogP contribution >= 0.6 is 0 Å². The summed E-state index contributed by atoms with van der Waals surface area (Å²) in [6, 6.07) is 4.93. The number of anilines is 1. The predicted octanol–water partition coefficient (Wildman–Crippen LogP) is 1.64. The summed E-state index contributed by atoms with van der Waals surface area (Å²) in [5.74, 6) is 0.0229. The molecule has 0 spiro atoms. The highest BCUT2D eigenvalue weighted by molar-refractivity contribution is 7.81. The Morgan fingerprint density at radius 3 is 2.93 bits per heavy atom. The molecule has 0 aliphatic carbocycles. The number of para-hydroxylation sites is 1. The summed E-state index contributed by atoms with van der Waals surface area (Å²) in [7, 11) is -4.95. The summed E-state index contributed by atoms with van der Waals surface area (Å²) in [5, 5.41) is 3.00. The molecule has 6 heteroatoms. The van der Waals surface area contributed by atoms with Crippen LogP contribution < -0.4 is 9.50 Å². The number of rotatable bonds is 2. The average Bonchev–Trinajstić information content (AvgIpc) is 2.16. The van der Waals surface area contributed by atoms with Gasteiger partial charge in [0.05, 0.1) is 5.69 Å². The smallest absolute Gasteiger partial charge is 0.382 e. The lowest BCUT2D eigenvalue weighted by molar-refractivity contribution is 0.440. The first-order chi connectivity index (χ1) is 7.06. The molecule has 0 radical (unpaired) electrons. The molecule has 1 aromatic rings. The Kier molecular flexibility index (Phi) is 2.52. The van der Waals surface area contributed by atoms with Crippen molar-refractivity contribution in [2.24, 2.45) is 0 Å². The zero-order valence-electron chi connectivity index (χ0n) is 7.86. The number of nitrogens with one attached hydrogen (secondary N) is 1. The zero-order chi connectivity index (χ0) is 10.9. The van der Waals surface area contributed by atoms with E-state index in [1.807, 2.05) is 6.07 Å². The van der Waals surface area contributed by atoms with Gasteiger partial charge in [-0.05, 0) is 24.5 Å². The predicted molar refractivity (Wildman–Crippen MR) is 53.9 cm³/mol. The van der Waals surface area contributed by atoms with Crippen LogP contribution in [0.5, 0.6) is 5.75 Å². The molecule has 0 amide bonds. The van der Waals surface area contributed by atoms with Gasteiger partial charge in [0.15, 0.2) is 5.75 Å². The first-order valence-corrected chi connectivity index (χ1v) is 5.87. The van der Waals surface area contributed by atoms with Crippen LogP contribution in [0.15, 0.2) is 18.2 Å². The summed E-state index contributed by atoms with van der Waals surface area (Å²) >= 11 is 0. The monoisotopic (exact) mass is 231 g/mol. The number of fused-ring (bicyclic) bond motifs is 1. The van der Waals surface area contributed by atoms with Crippen LogP contribution in [0, 0.1) is 0 Å². The van der Waals surface area contributed by atoms with Gasteiger partial charge in [0.1, 0.15) is 0 Å². The lowest BCUT2D eigenvalue weighted by Crippen LogP contribution is -2.14. The van der Waals surface area contributed by atoms with Crippen LogP contribution in [-0.2, 0) is 16.9 Å². The maximum absolute atomic E-state index is 12.4. The third-order valence-corrected chi connectivity index (χ3v) is 2.61. The van der Waals surface area contributed by atoms with Crippen LogP contribution in [0.3, 0.4) is 0 Å². The number of aryl methyl sites for hydroxylation is 1. The molecule has 0 unspecified atom stereocenters. The van der Waals surface area contributed by atoms with Crippen molar-refractivity contribution in [2.45, 2.75) is 12.8 Å². The van der Waals surface area contributed by atoms with Crippen LogP contribution in [0.2, 0.25) is 0 Å². The van der Waals surface area contributed by atoms with Crippen LogP contribution in [0.4, 0.5) is 9.57 Å². The average molecular weight is 231 g/mol. The number of hydrogen-bond donors (Lipinski definition) is 1. The van der Waals surface area contributed by atoms with Crippen molar-refractivity contribution in [3.63, 3.8) is 0 Å². The van der Waals surface area contributed by atoms with Gasteiger partial charge in [-0.3, -0.25) is 0 Å². The lowest BCUT2D eigenvalue weighted by atomic mass is 10.0. The number of halogens is 1. The normalized spacial score (nSPS) is 15.3. The Morgan fingerprint density at radius 2 is 2.20 bits per heavy atom. The molecule has 2 rings (SSSR count). The molecule has 0 saturated carbocycles. The Balaban J connectivity index is 2.39. The van der Waals surface area contributed by atoms with E-state index in [1.165, 1.54) is 6.07 Å². The fraction of sp³-hybridized carbons (Fsp3) is 0.333. The molecule has 0 saturated heterocycles. The topological polar surface area (TPSA) is 55.4 Å². The molecule has 0 aromatic heterocycles. The minimum absolute atomic E-state index is 0.0229. The SMILES string of the molecule is O=S(=O)(F)Oc1cccc2c1NCCC2. The molecule has 15 heavy (non-hydrogen) atoms. The van der Waals surface area contributed by atoms with Crippen molar-refractivity contribution in [2.75, 3.05) is 11.9 Å². The van der Waals surface area contributed by atoms with E-state index in [4.69, 9.17) is 0 Å². The molecule has 82 valence electrons. The van der Waals surface area contributed by atoms with Crippen molar-refractivity contribution in [1.82, 2.24) is 0 Å². The Hall–Kier alpha value is -1.30. The van der Waals surface area contributed by atoms with Crippen LogP contribution in [0.1, 0.15) is 12.0 Å². The Morgan fingerprint density at radius 1 is 1.40 bits per heavy atom. The van der Waals surface area contributed by atoms with Gasteiger partial charge in [0.25, 0.3) is 0 Å². The molecule has 0 atom stereocenters. The van der Waals surface area contributed by atoms with Crippen molar-refractivity contribution >= 4 is 16.2 Å². The van der Waals surface area contributed by atoms with E-state index in [0.717, 1.165) is 24.9 Å². The molecular weight excluding hydrogens is 221 g/mol.